The van der Waals surface area contributed by atoms with E-state index in [4.69, 9.17) is 5.73 Å². The summed E-state index contributed by atoms with van der Waals surface area (Å²) in [6, 6.07) is 0. The lowest BCUT2D eigenvalue weighted by atomic mass is 9.86. The van der Waals surface area contributed by atoms with Gasteiger partial charge in [0, 0.05) is 25.2 Å². The molecule has 1 aromatic rings. The molecule has 0 atom stereocenters. The van der Waals surface area contributed by atoms with Crippen LogP contribution in [0.5, 0.6) is 0 Å². The van der Waals surface area contributed by atoms with Crippen LogP contribution in [0.2, 0.25) is 0 Å². The highest BCUT2D eigenvalue weighted by atomic mass is 15.4. The van der Waals surface area contributed by atoms with Gasteiger partial charge in [0.05, 0.1) is 6.54 Å². The molecule has 3 rings (SSSR count). The fraction of sp³-hybridized carbons (Fsp3) is 0.818. The SMILES string of the molecule is CCn1ncnc1CN1CC(N)(C2CC2)C1. The Kier molecular flexibility index (Phi) is 2.26. The van der Waals surface area contributed by atoms with Gasteiger partial charge in [0.25, 0.3) is 0 Å². The molecule has 16 heavy (non-hydrogen) atoms. The molecule has 2 N–H and O–H groups in total. The summed E-state index contributed by atoms with van der Waals surface area (Å²) < 4.78 is 1.95. The van der Waals surface area contributed by atoms with Crippen LogP contribution in [0, 0.1) is 5.92 Å². The van der Waals surface area contributed by atoms with E-state index < -0.39 is 0 Å². The monoisotopic (exact) mass is 221 g/mol. The highest BCUT2D eigenvalue weighted by Gasteiger charge is 2.50. The van der Waals surface area contributed by atoms with Crippen molar-refractivity contribution in [3.63, 3.8) is 0 Å². The van der Waals surface area contributed by atoms with Crippen LogP contribution in [0.25, 0.3) is 0 Å². The summed E-state index contributed by atoms with van der Waals surface area (Å²) in [6.45, 7) is 5.91. The first-order valence-corrected chi connectivity index (χ1v) is 6.09. The molecule has 5 nitrogen and oxygen atoms in total. The van der Waals surface area contributed by atoms with Gasteiger partial charge >= 0.3 is 0 Å². The molecule has 0 amide bonds. The van der Waals surface area contributed by atoms with Crippen LogP contribution in [-0.2, 0) is 13.1 Å². The van der Waals surface area contributed by atoms with Crippen molar-refractivity contribution in [2.75, 3.05) is 13.1 Å². The maximum Gasteiger partial charge on any atom is 0.140 e. The largest absolute Gasteiger partial charge is 0.323 e. The van der Waals surface area contributed by atoms with Crippen molar-refractivity contribution < 1.29 is 0 Å². The first-order chi connectivity index (χ1) is 7.71. The Balaban J connectivity index is 1.57. The molecule has 2 aliphatic rings. The second-order valence-electron chi connectivity index (χ2n) is 5.14. The van der Waals surface area contributed by atoms with Crippen molar-refractivity contribution in [3.8, 4) is 0 Å². The maximum absolute atomic E-state index is 6.31. The van der Waals surface area contributed by atoms with Gasteiger partial charge in [-0.25, -0.2) is 9.67 Å². The Morgan fingerprint density at radius 2 is 2.25 bits per heavy atom. The van der Waals surface area contributed by atoms with Gasteiger partial charge in [-0.05, 0) is 25.7 Å². The third kappa shape index (κ3) is 1.64. The van der Waals surface area contributed by atoms with E-state index in [2.05, 4.69) is 21.9 Å². The van der Waals surface area contributed by atoms with Crippen LogP contribution in [0.4, 0.5) is 0 Å². The summed E-state index contributed by atoms with van der Waals surface area (Å²) >= 11 is 0. The third-order valence-corrected chi connectivity index (χ3v) is 3.79. The number of rotatable bonds is 4. The smallest absolute Gasteiger partial charge is 0.140 e. The van der Waals surface area contributed by atoms with E-state index in [1.807, 2.05) is 4.68 Å². The van der Waals surface area contributed by atoms with E-state index in [1.165, 1.54) is 12.8 Å². The fourth-order valence-corrected chi connectivity index (χ4v) is 2.69. The number of aryl methyl sites for hydroxylation is 1. The molecule has 1 saturated heterocycles. The highest BCUT2D eigenvalue weighted by molar-refractivity contribution is 5.09. The third-order valence-electron chi connectivity index (χ3n) is 3.79. The summed E-state index contributed by atoms with van der Waals surface area (Å²) in [4.78, 5) is 6.66. The molecule has 88 valence electrons. The Morgan fingerprint density at radius 3 is 2.88 bits per heavy atom. The Bertz CT molecular complexity index is 375. The number of nitrogens with zero attached hydrogens (tertiary/aromatic N) is 4. The molecule has 0 bridgehead atoms. The van der Waals surface area contributed by atoms with Gasteiger partial charge in [-0.3, -0.25) is 4.90 Å². The summed E-state index contributed by atoms with van der Waals surface area (Å²) in [5.74, 6) is 1.84. The number of likely N-dealkylation sites (tertiary alicyclic amines) is 1. The maximum atomic E-state index is 6.31. The van der Waals surface area contributed by atoms with Crippen LogP contribution in [0.15, 0.2) is 6.33 Å². The minimum Gasteiger partial charge on any atom is -0.323 e. The molecule has 1 saturated carbocycles. The summed E-state index contributed by atoms with van der Waals surface area (Å²) in [6.07, 6.45) is 4.29. The van der Waals surface area contributed by atoms with Crippen molar-refractivity contribution in [3.05, 3.63) is 12.2 Å². The van der Waals surface area contributed by atoms with E-state index >= 15 is 0 Å². The molecule has 0 spiro atoms. The summed E-state index contributed by atoms with van der Waals surface area (Å²) in [5, 5.41) is 4.18. The first kappa shape index (κ1) is 10.2. The van der Waals surface area contributed by atoms with Gasteiger partial charge < -0.3 is 5.73 Å². The van der Waals surface area contributed by atoms with Crippen LogP contribution in [0.1, 0.15) is 25.6 Å². The fourth-order valence-electron chi connectivity index (χ4n) is 2.69. The molecule has 2 fully saturated rings. The van der Waals surface area contributed by atoms with E-state index in [0.29, 0.717) is 0 Å². The van der Waals surface area contributed by atoms with Crippen LogP contribution in [-0.4, -0.2) is 38.3 Å². The minimum absolute atomic E-state index is 0.108. The van der Waals surface area contributed by atoms with Gasteiger partial charge in [-0.1, -0.05) is 0 Å². The lowest BCUT2D eigenvalue weighted by Crippen LogP contribution is -2.68. The van der Waals surface area contributed by atoms with E-state index in [9.17, 15) is 0 Å². The standard InChI is InChI=1S/C11H19N5/c1-2-16-10(13-8-14-16)5-15-6-11(12,7-15)9-3-4-9/h8-9H,2-7,12H2,1H3. The van der Waals surface area contributed by atoms with Gasteiger partial charge in [-0.15, -0.1) is 0 Å². The molecule has 2 heterocycles. The minimum atomic E-state index is 0.108. The molecule has 0 radical (unpaired) electrons. The van der Waals surface area contributed by atoms with E-state index in [0.717, 1.165) is 37.9 Å². The van der Waals surface area contributed by atoms with Crippen molar-refractivity contribution in [2.45, 2.75) is 38.4 Å². The molecular formula is C11H19N5. The van der Waals surface area contributed by atoms with Gasteiger partial charge in [-0.2, -0.15) is 5.10 Å². The molecule has 1 aliphatic heterocycles. The lowest BCUT2D eigenvalue weighted by Gasteiger charge is -2.48. The van der Waals surface area contributed by atoms with Crippen molar-refractivity contribution in [1.82, 2.24) is 19.7 Å². The highest BCUT2D eigenvalue weighted by Crippen LogP contribution is 2.43. The molecular weight excluding hydrogens is 202 g/mol. The number of aromatic nitrogens is 3. The molecule has 0 unspecified atom stereocenters. The van der Waals surface area contributed by atoms with E-state index in [1.54, 1.807) is 6.33 Å². The van der Waals surface area contributed by atoms with Gasteiger partial charge in [0.1, 0.15) is 12.2 Å². The van der Waals surface area contributed by atoms with Crippen LogP contribution < -0.4 is 5.73 Å². The quantitative estimate of drug-likeness (QED) is 0.790. The van der Waals surface area contributed by atoms with Gasteiger partial charge in [0.2, 0.25) is 0 Å². The number of nitrogens with two attached hydrogens (primary N) is 1. The predicted molar refractivity (Wildman–Crippen MR) is 60.6 cm³/mol. The molecule has 5 heteroatoms. The topological polar surface area (TPSA) is 60.0 Å². The zero-order valence-electron chi connectivity index (χ0n) is 9.76. The number of hydrogen-bond donors (Lipinski definition) is 1. The zero-order valence-corrected chi connectivity index (χ0v) is 9.76. The first-order valence-electron chi connectivity index (χ1n) is 6.09. The lowest BCUT2D eigenvalue weighted by molar-refractivity contribution is 0.0444. The summed E-state index contributed by atoms with van der Waals surface area (Å²) in [5.41, 5.74) is 6.42. The van der Waals surface area contributed by atoms with Crippen LogP contribution >= 0.6 is 0 Å². The Hall–Kier alpha value is -0.940. The molecule has 1 aliphatic carbocycles. The Morgan fingerprint density at radius 1 is 1.50 bits per heavy atom. The normalized spacial score (nSPS) is 24.4. The molecule has 1 aromatic heterocycles. The second-order valence-corrected chi connectivity index (χ2v) is 5.14. The number of hydrogen-bond acceptors (Lipinski definition) is 4. The van der Waals surface area contributed by atoms with Crippen molar-refractivity contribution in [1.29, 1.82) is 0 Å². The molecule has 0 aromatic carbocycles. The average Bonchev–Trinajstić information content (AvgIpc) is 2.98. The zero-order chi connectivity index (χ0) is 11.2. The van der Waals surface area contributed by atoms with E-state index in [-0.39, 0.29) is 5.54 Å². The van der Waals surface area contributed by atoms with Gasteiger partial charge in [0.15, 0.2) is 0 Å². The van der Waals surface area contributed by atoms with Crippen molar-refractivity contribution >= 4 is 0 Å². The summed E-state index contributed by atoms with van der Waals surface area (Å²) in [7, 11) is 0. The average molecular weight is 221 g/mol. The Labute approximate surface area is 95.6 Å². The predicted octanol–water partition coefficient (Wildman–Crippen LogP) is 0.221. The van der Waals surface area contributed by atoms with Crippen molar-refractivity contribution in [2.24, 2.45) is 11.7 Å². The van der Waals surface area contributed by atoms with Crippen LogP contribution in [0.3, 0.4) is 0 Å². The second kappa shape index (κ2) is 3.53.